The van der Waals surface area contributed by atoms with Gasteiger partial charge in [0.15, 0.2) is 0 Å². The number of nitrogens with one attached hydrogen (secondary N) is 1. The Kier molecular flexibility index (Phi) is 8.34. The quantitative estimate of drug-likeness (QED) is 0.428. The van der Waals surface area contributed by atoms with Gasteiger partial charge in [0.05, 0.1) is 12.6 Å². The normalized spacial score (nSPS) is 18.1. The summed E-state index contributed by atoms with van der Waals surface area (Å²) in [7, 11) is 2.02. The Balaban J connectivity index is 1.00. The molecule has 1 atom stereocenters. The number of hydrogen-bond donors (Lipinski definition) is 1. The molecule has 5 nitrogen and oxygen atoms in total. The maximum Gasteiger partial charge on any atom is 0.237 e. The number of carbonyl (C=O) groups excluding carboxylic acids is 1. The number of hydrogen-bond acceptors (Lipinski definition) is 4. The first-order chi connectivity index (χ1) is 18.2. The zero-order valence-electron chi connectivity index (χ0n) is 21.7. The third-order valence-corrected chi connectivity index (χ3v) is 7.44. The molecule has 0 spiro atoms. The summed E-state index contributed by atoms with van der Waals surface area (Å²) in [6.45, 7) is 5.03. The van der Waals surface area contributed by atoms with Crippen molar-refractivity contribution in [3.63, 3.8) is 0 Å². The number of amides is 1. The average molecular weight is 496 g/mol. The molecule has 192 valence electrons. The molecule has 0 aliphatic carbocycles. The zero-order valence-corrected chi connectivity index (χ0v) is 21.7. The summed E-state index contributed by atoms with van der Waals surface area (Å²) < 4.78 is 5.92. The lowest BCUT2D eigenvalue weighted by Gasteiger charge is -2.33. The Bertz CT molecular complexity index is 1210. The van der Waals surface area contributed by atoms with Gasteiger partial charge in [-0.3, -0.25) is 14.6 Å². The van der Waals surface area contributed by atoms with Crippen LogP contribution < -0.4 is 10.1 Å². The van der Waals surface area contributed by atoms with Crippen LogP contribution in [0.4, 0.5) is 0 Å². The molecule has 3 aromatic rings. The largest absolute Gasteiger partial charge is 0.494 e. The van der Waals surface area contributed by atoms with Crippen molar-refractivity contribution in [1.29, 1.82) is 0 Å². The van der Waals surface area contributed by atoms with E-state index in [4.69, 9.17) is 4.74 Å². The number of nitrogens with zero attached hydrogens (tertiary/aromatic N) is 2. The average Bonchev–Trinajstić information content (AvgIpc) is 2.94. The van der Waals surface area contributed by atoms with Crippen LogP contribution in [-0.4, -0.2) is 55.0 Å². The van der Waals surface area contributed by atoms with E-state index in [1.165, 1.54) is 27.8 Å². The monoisotopic (exact) mass is 495 g/mol. The first-order valence-corrected chi connectivity index (χ1v) is 13.4. The molecule has 0 saturated carbocycles. The molecule has 1 unspecified atom stereocenters. The van der Waals surface area contributed by atoms with Crippen molar-refractivity contribution >= 4 is 11.5 Å². The number of benzene rings is 3. The van der Waals surface area contributed by atoms with E-state index in [1.54, 1.807) is 0 Å². The van der Waals surface area contributed by atoms with Crippen LogP contribution in [0.2, 0.25) is 0 Å². The van der Waals surface area contributed by atoms with Gasteiger partial charge in [-0.15, -0.1) is 0 Å². The highest BCUT2D eigenvalue weighted by Crippen LogP contribution is 2.24. The Morgan fingerprint density at radius 3 is 2.49 bits per heavy atom. The highest BCUT2D eigenvalue weighted by atomic mass is 16.5. The summed E-state index contributed by atoms with van der Waals surface area (Å²) >= 11 is 0. The smallest absolute Gasteiger partial charge is 0.237 e. The summed E-state index contributed by atoms with van der Waals surface area (Å²) in [5, 5.41) is 3.10. The zero-order chi connectivity index (χ0) is 25.5. The van der Waals surface area contributed by atoms with Crippen molar-refractivity contribution in [2.24, 2.45) is 0 Å². The van der Waals surface area contributed by atoms with Crippen molar-refractivity contribution in [2.45, 2.75) is 38.4 Å². The molecule has 2 heterocycles. The second kappa shape index (κ2) is 12.2. The lowest BCUT2D eigenvalue weighted by Crippen LogP contribution is -2.48. The third kappa shape index (κ3) is 6.68. The van der Waals surface area contributed by atoms with Crippen molar-refractivity contribution in [3.05, 3.63) is 107 Å². The molecule has 5 heteroatoms. The van der Waals surface area contributed by atoms with Gasteiger partial charge in [-0.2, -0.15) is 0 Å². The molecule has 0 aromatic heterocycles. The van der Waals surface area contributed by atoms with Gasteiger partial charge in [-0.1, -0.05) is 72.8 Å². The Morgan fingerprint density at radius 2 is 1.73 bits per heavy atom. The van der Waals surface area contributed by atoms with E-state index >= 15 is 0 Å². The SMILES string of the molecule is CN1Cc2ccccc2CC1C(=O)NCCCOc1ccc(CN2CC=C(c3ccccc3)CC2)cc1. The van der Waals surface area contributed by atoms with Gasteiger partial charge in [0, 0.05) is 32.7 Å². The minimum Gasteiger partial charge on any atom is -0.494 e. The fraction of sp³-hybridized carbons (Fsp3) is 0.344. The molecule has 0 saturated heterocycles. The molecule has 2 aliphatic rings. The molecule has 2 aliphatic heterocycles. The molecule has 37 heavy (non-hydrogen) atoms. The molecular formula is C32H37N3O2. The summed E-state index contributed by atoms with van der Waals surface area (Å²) in [6.07, 6.45) is 5.00. The van der Waals surface area contributed by atoms with Crippen molar-refractivity contribution in [2.75, 3.05) is 33.3 Å². The van der Waals surface area contributed by atoms with E-state index in [9.17, 15) is 4.79 Å². The van der Waals surface area contributed by atoms with Crippen LogP contribution >= 0.6 is 0 Å². The van der Waals surface area contributed by atoms with Crippen LogP contribution in [0.15, 0.2) is 84.9 Å². The number of rotatable bonds is 9. The van der Waals surface area contributed by atoms with Crippen LogP contribution in [-0.2, 0) is 24.3 Å². The van der Waals surface area contributed by atoms with E-state index in [0.717, 1.165) is 51.2 Å². The first kappa shape index (κ1) is 25.2. The first-order valence-electron chi connectivity index (χ1n) is 13.4. The van der Waals surface area contributed by atoms with Gasteiger partial charge in [0.25, 0.3) is 0 Å². The second-order valence-electron chi connectivity index (χ2n) is 10.1. The Morgan fingerprint density at radius 1 is 0.973 bits per heavy atom. The number of fused-ring (bicyclic) bond motifs is 1. The van der Waals surface area contributed by atoms with Crippen molar-refractivity contribution in [3.8, 4) is 5.75 Å². The highest BCUT2D eigenvalue weighted by Gasteiger charge is 2.28. The Labute approximate surface area is 220 Å². The summed E-state index contributed by atoms with van der Waals surface area (Å²) in [5.41, 5.74) is 6.69. The number of ether oxygens (including phenoxy) is 1. The molecule has 1 N–H and O–H groups in total. The summed E-state index contributed by atoms with van der Waals surface area (Å²) in [6, 6.07) is 27.4. The van der Waals surface area contributed by atoms with Gasteiger partial charge in [0.1, 0.15) is 5.75 Å². The minimum atomic E-state index is -0.108. The van der Waals surface area contributed by atoms with Gasteiger partial charge >= 0.3 is 0 Å². The minimum absolute atomic E-state index is 0.102. The highest BCUT2D eigenvalue weighted by molar-refractivity contribution is 5.82. The summed E-state index contributed by atoms with van der Waals surface area (Å²) in [4.78, 5) is 17.4. The van der Waals surface area contributed by atoms with E-state index in [1.807, 2.05) is 7.05 Å². The van der Waals surface area contributed by atoms with Gasteiger partial charge in [-0.25, -0.2) is 0 Å². The van der Waals surface area contributed by atoms with E-state index < -0.39 is 0 Å². The molecule has 5 rings (SSSR count). The molecule has 1 amide bonds. The third-order valence-electron chi connectivity index (χ3n) is 7.44. The Hall–Kier alpha value is -3.41. The van der Waals surface area contributed by atoms with Gasteiger partial charge < -0.3 is 10.1 Å². The number of likely N-dealkylation sites (N-methyl/N-ethyl adjacent to an activating group) is 1. The molecule has 0 radical (unpaired) electrons. The van der Waals surface area contributed by atoms with Crippen LogP contribution in [0.25, 0.3) is 5.57 Å². The van der Waals surface area contributed by atoms with E-state index in [0.29, 0.717) is 13.2 Å². The topological polar surface area (TPSA) is 44.8 Å². The van der Waals surface area contributed by atoms with Crippen LogP contribution in [0, 0.1) is 0 Å². The van der Waals surface area contributed by atoms with Crippen LogP contribution in [0.1, 0.15) is 35.1 Å². The number of carbonyl (C=O) groups is 1. The standard InChI is InChI=1S/C32H37N3O2/c1-34-24-29-11-6-5-10-28(29)22-31(34)32(36)33-18-7-21-37-30-14-12-25(13-15-30)23-35-19-16-27(17-20-35)26-8-3-2-4-9-26/h2-6,8-16,31H,7,17-24H2,1H3,(H,33,36). The fourth-order valence-corrected chi connectivity index (χ4v) is 5.26. The lowest BCUT2D eigenvalue weighted by atomic mass is 9.94. The van der Waals surface area contributed by atoms with Crippen molar-refractivity contribution in [1.82, 2.24) is 15.1 Å². The fourth-order valence-electron chi connectivity index (χ4n) is 5.26. The van der Waals surface area contributed by atoms with Crippen LogP contribution in [0.5, 0.6) is 5.75 Å². The van der Waals surface area contributed by atoms with E-state index in [-0.39, 0.29) is 11.9 Å². The predicted octanol–water partition coefficient (Wildman–Crippen LogP) is 4.92. The summed E-state index contributed by atoms with van der Waals surface area (Å²) in [5.74, 6) is 0.980. The predicted molar refractivity (Wildman–Crippen MR) is 149 cm³/mol. The van der Waals surface area contributed by atoms with Crippen LogP contribution in [0.3, 0.4) is 0 Å². The van der Waals surface area contributed by atoms with Gasteiger partial charge in [-0.05, 0) is 66.3 Å². The molecule has 3 aromatic carbocycles. The van der Waals surface area contributed by atoms with Crippen molar-refractivity contribution < 1.29 is 9.53 Å². The maximum absolute atomic E-state index is 12.7. The molecule has 0 fully saturated rings. The lowest BCUT2D eigenvalue weighted by molar-refractivity contribution is -0.126. The molecule has 0 bridgehead atoms. The maximum atomic E-state index is 12.7. The van der Waals surface area contributed by atoms with Gasteiger partial charge in [0.2, 0.25) is 5.91 Å². The second-order valence-corrected chi connectivity index (χ2v) is 10.1. The van der Waals surface area contributed by atoms with E-state index in [2.05, 4.69) is 100 Å². The molecular weight excluding hydrogens is 458 g/mol.